The molecule has 4 heteroatoms. The van der Waals surface area contributed by atoms with Crippen LogP contribution in [-0.4, -0.2) is 10.1 Å². The van der Waals surface area contributed by atoms with E-state index >= 15 is 0 Å². The molecule has 1 aromatic heterocycles. The lowest BCUT2D eigenvalue weighted by Gasteiger charge is -2.09. The maximum Gasteiger partial charge on any atom is 0.244 e. The van der Waals surface area contributed by atoms with Crippen LogP contribution in [0.1, 0.15) is 25.8 Å². The van der Waals surface area contributed by atoms with Gasteiger partial charge in [0.05, 0.1) is 6.04 Å². The Bertz CT molecular complexity index is 733. The number of aromatic nitrogens is 2. The maximum absolute atomic E-state index is 6.02. The minimum atomic E-state index is -0.225. The highest BCUT2D eigenvalue weighted by Crippen LogP contribution is 2.24. The summed E-state index contributed by atoms with van der Waals surface area (Å²) in [5.74, 6) is 1.34. The Morgan fingerprint density at radius 2 is 1.80 bits per heavy atom. The summed E-state index contributed by atoms with van der Waals surface area (Å²) < 4.78 is 5.27. The fraction of sp³-hybridized carbons (Fsp3) is 0.250. The fourth-order valence-corrected chi connectivity index (χ4v) is 2.10. The molecule has 0 spiro atoms. The van der Waals surface area contributed by atoms with E-state index in [9.17, 15) is 0 Å². The Labute approximate surface area is 117 Å². The lowest BCUT2D eigenvalue weighted by molar-refractivity contribution is 0.325. The van der Waals surface area contributed by atoms with Crippen LogP contribution in [0.2, 0.25) is 0 Å². The van der Waals surface area contributed by atoms with E-state index in [2.05, 4.69) is 34.4 Å². The van der Waals surface area contributed by atoms with Crippen molar-refractivity contribution >= 4 is 10.8 Å². The SMILES string of the molecule is CC(C)[C@@H](N)c1nc(-c2ccc3ccccc3c2)no1. The molecular weight excluding hydrogens is 250 g/mol. The number of nitrogens with two attached hydrogens (primary N) is 1. The zero-order valence-corrected chi connectivity index (χ0v) is 11.6. The van der Waals surface area contributed by atoms with Crippen LogP contribution in [0, 0.1) is 5.92 Å². The molecule has 0 saturated carbocycles. The molecule has 0 saturated heterocycles. The molecule has 3 rings (SSSR count). The molecule has 0 aliphatic carbocycles. The first-order chi connectivity index (χ1) is 9.65. The van der Waals surface area contributed by atoms with Crippen molar-refractivity contribution in [1.82, 2.24) is 10.1 Å². The minimum Gasteiger partial charge on any atom is -0.337 e. The largest absolute Gasteiger partial charge is 0.337 e. The van der Waals surface area contributed by atoms with Gasteiger partial charge in [0.15, 0.2) is 0 Å². The van der Waals surface area contributed by atoms with E-state index < -0.39 is 0 Å². The molecule has 4 nitrogen and oxygen atoms in total. The highest BCUT2D eigenvalue weighted by atomic mass is 16.5. The van der Waals surface area contributed by atoms with Gasteiger partial charge in [-0.05, 0) is 22.8 Å². The molecule has 0 aliphatic rings. The van der Waals surface area contributed by atoms with Gasteiger partial charge in [-0.1, -0.05) is 55.4 Å². The first kappa shape index (κ1) is 12.8. The van der Waals surface area contributed by atoms with Crippen LogP contribution < -0.4 is 5.73 Å². The van der Waals surface area contributed by atoms with Gasteiger partial charge in [0.25, 0.3) is 0 Å². The summed E-state index contributed by atoms with van der Waals surface area (Å²) >= 11 is 0. The number of nitrogens with zero attached hydrogens (tertiary/aromatic N) is 2. The average molecular weight is 267 g/mol. The molecule has 0 bridgehead atoms. The number of hydrogen-bond donors (Lipinski definition) is 1. The van der Waals surface area contributed by atoms with E-state index in [0.29, 0.717) is 11.7 Å². The molecule has 0 radical (unpaired) electrons. The van der Waals surface area contributed by atoms with Crippen molar-refractivity contribution < 1.29 is 4.52 Å². The molecule has 2 N–H and O–H groups in total. The first-order valence-electron chi connectivity index (χ1n) is 6.73. The molecular formula is C16H17N3O. The number of hydrogen-bond acceptors (Lipinski definition) is 4. The highest BCUT2D eigenvalue weighted by molar-refractivity contribution is 5.86. The normalized spacial score (nSPS) is 13.0. The standard InChI is InChI=1S/C16H17N3O/c1-10(2)14(17)16-18-15(19-20-16)13-8-7-11-5-3-4-6-12(11)9-13/h3-10,14H,17H2,1-2H3/t14-/m1/s1. The van der Waals surface area contributed by atoms with E-state index in [-0.39, 0.29) is 12.0 Å². The van der Waals surface area contributed by atoms with Gasteiger partial charge in [-0.15, -0.1) is 0 Å². The minimum absolute atomic E-state index is 0.225. The third kappa shape index (κ3) is 2.30. The molecule has 0 amide bonds. The van der Waals surface area contributed by atoms with Crippen LogP contribution in [0.25, 0.3) is 22.2 Å². The Morgan fingerprint density at radius 1 is 1.05 bits per heavy atom. The van der Waals surface area contributed by atoms with Crippen LogP contribution in [-0.2, 0) is 0 Å². The van der Waals surface area contributed by atoms with Crippen molar-refractivity contribution in [3.63, 3.8) is 0 Å². The summed E-state index contributed by atoms with van der Waals surface area (Å²) in [6, 6.07) is 14.1. The summed E-state index contributed by atoms with van der Waals surface area (Å²) in [6.45, 7) is 4.06. The predicted octanol–water partition coefficient (Wildman–Crippen LogP) is 3.55. The molecule has 2 aromatic carbocycles. The maximum atomic E-state index is 6.02. The average Bonchev–Trinajstić information content (AvgIpc) is 2.95. The van der Waals surface area contributed by atoms with E-state index in [1.807, 2.05) is 32.0 Å². The third-order valence-corrected chi connectivity index (χ3v) is 3.45. The Kier molecular flexibility index (Phi) is 3.24. The molecule has 102 valence electrons. The summed E-state index contributed by atoms with van der Waals surface area (Å²) in [7, 11) is 0. The Morgan fingerprint density at radius 3 is 2.55 bits per heavy atom. The second kappa shape index (κ2) is 5.06. The van der Waals surface area contributed by atoms with Crippen molar-refractivity contribution in [3.05, 3.63) is 48.4 Å². The molecule has 3 aromatic rings. The molecule has 0 unspecified atom stereocenters. The van der Waals surface area contributed by atoms with Gasteiger partial charge in [-0.3, -0.25) is 0 Å². The summed E-state index contributed by atoms with van der Waals surface area (Å²) in [4.78, 5) is 4.41. The zero-order chi connectivity index (χ0) is 14.1. The molecule has 20 heavy (non-hydrogen) atoms. The van der Waals surface area contributed by atoms with Crippen molar-refractivity contribution in [2.45, 2.75) is 19.9 Å². The lowest BCUT2D eigenvalue weighted by Crippen LogP contribution is -2.16. The molecule has 0 fully saturated rings. The summed E-state index contributed by atoms with van der Waals surface area (Å²) in [5.41, 5.74) is 6.96. The van der Waals surface area contributed by atoms with Crippen molar-refractivity contribution in [1.29, 1.82) is 0 Å². The van der Waals surface area contributed by atoms with Crippen LogP contribution in [0.3, 0.4) is 0 Å². The topological polar surface area (TPSA) is 64.9 Å². The van der Waals surface area contributed by atoms with Gasteiger partial charge >= 0.3 is 0 Å². The number of fused-ring (bicyclic) bond motifs is 1. The van der Waals surface area contributed by atoms with Crippen molar-refractivity contribution in [2.75, 3.05) is 0 Å². The smallest absolute Gasteiger partial charge is 0.244 e. The van der Waals surface area contributed by atoms with Gasteiger partial charge in [0.1, 0.15) is 0 Å². The van der Waals surface area contributed by atoms with Gasteiger partial charge in [0.2, 0.25) is 11.7 Å². The van der Waals surface area contributed by atoms with Crippen LogP contribution >= 0.6 is 0 Å². The second-order valence-corrected chi connectivity index (χ2v) is 5.29. The zero-order valence-electron chi connectivity index (χ0n) is 11.6. The quantitative estimate of drug-likeness (QED) is 0.788. The van der Waals surface area contributed by atoms with Gasteiger partial charge in [0, 0.05) is 5.56 Å². The molecule has 1 heterocycles. The van der Waals surface area contributed by atoms with Crippen molar-refractivity contribution in [2.24, 2.45) is 11.7 Å². The summed E-state index contributed by atoms with van der Waals surface area (Å²) in [6.07, 6.45) is 0. The van der Waals surface area contributed by atoms with Gasteiger partial charge in [-0.2, -0.15) is 4.98 Å². The first-order valence-corrected chi connectivity index (χ1v) is 6.73. The Hall–Kier alpha value is -2.20. The van der Waals surface area contributed by atoms with E-state index in [1.165, 1.54) is 5.39 Å². The van der Waals surface area contributed by atoms with Gasteiger partial charge < -0.3 is 10.3 Å². The Balaban J connectivity index is 1.99. The monoisotopic (exact) mass is 267 g/mol. The molecule has 1 atom stereocenters. The molecule has 0 aliphatic heterocycles. The highest BCUT2D eigenvalue weighted by Gasteiger charge is 2.18. The van der Waals surface area contributed by atoms with E-state index in [1.54, 1.807) is 0 Å². The fourth-order valence-electron chi connectivity index (χ4n) is 2.10. The lowest BCUT2D eigenvalue weighted by atomic mass is 10.1. The second-order valence-electron chi connectivity index (χ2n) is 5.29. The summed E-state index contributed by atoms with van der Waals surface area (Å²) in [5, 5.41) is 6.38. The van der Waals surface area contributed by atoms with Crippen LogP contribution in [0.5, 0.6) is 0 Å². The van der Waals surface area contributed by atoms with Crippen LogP contribution in [0.4, 0.5) is 0 Å². The number of rotatable bonds is 3. The van der Waals surface area contributed by atoms with Gasteiger partial charge in [-0.25, -0.2) is 0 Å². The van der Waals surface area contributed by atoms with E-state index in [0.717, 1.165) is 10.9 Å². The van der Waals surface area contributed by atoms with Crippen LogP contribution in [0.15, 0.2) is 47.0 Å². The number of benzene rings is 2. The third-order valence-electron chi connectivity index (χ3n) is 3.45. The van der Waals surface area contributed by atoms with E-state index in [4.69, 9.17) is 10.3 Å². The predicted molar refractivity (Wildman–Crippen MR) is 79.0 cm³/mol. The van der Waals surface area contributed by atoms with Crippen molar-refractivity contribution in [3.8, 4) is 11.4 Å².